The van der Waals surface area contributed by atoms with Gasteiger partial charge in [-0.2, -0.15) is 0 Å². The molecule has 16 heavy (non-hydrogen) atoms. The van der Waals surface area contributed by atoms with Crippen molar-refractivity contribution < 1.29 is 4.74 Å². The zero-order chi connectivity index (χ0) is 12.0. The third-order valence-electron chi connectivity index (χ3n) is 2.30. The van der Waals surface area contributed by atoms with Crippen LogP contribution < -0.4 is 10.5 Å². The van der Waals surface area contributed by atoms with Crippen LogP contribution in [0.5, 0.6) is 5.75 Å². The monoisotopic (exact) mass is 217 g/mol. The summed E-state index contributed by atoms with van der Waals surface area (Å²) in [7, 11) is 0. The first kappa shape index (κ1) is 12.6. The maximum Gasteiger partial charge on any atom is 0.149 e. The zero-order valence-electron chi connectivity index (χ0n) is 10.2. The highest BCUT2D eigenvalue weighted by atomic mass is 16.5. The molecule has 1 unspecified atom stereocenters. The summed E-state index contributed by atoms with van der Waals surface area (Å²) in [4.78, 5) is 0. The summed E-state index contributed by atoms with van der Waals surface area (Å²) >= 11 is 0. The van der Waals surface area contributed by atoms with Gasteiger partial charge in [0.15, 0.2) is 0 Å². The van der Waals surface area contributed by atoms with Crippen molar-refractivity contribution in [2.45, 2.75) is 33.2 Å². The normalized spacial score (nSPS) is 11.5. The number of rotatable bonds is 4. The Balaban J connectivity index is 2.88. The van der Waals surface area contributed by atoms with E-state index in [4.69, 9.17) is 10.5 Å². The SMILES string of the molecule is CC#CCOc1c(C)cccc1CC(C)N. The van der Waals surface area contributed by atoms with Gasteiger partial charge in [-0.25, -0.2) is 0 Å². The fraction of sp³-hybridized carbons (Fsp3) is 0.429. The van der Waals surface area contributed by atoms with Gasteiger partial charge in [0.05, 0.1) is 0 Å². The van der Waals surface area contributed by atoms with E-state index in [1.807, 2.05) is 32.9 Å². The Kier molecular flexibility index (Phi) is 4.88. The van der Waals surface area contributed by atoms with Crippen LogP contribution in [-0.2, 0) is 6.42 Å². The summed E-state index contributed by atoms with van der Waals surface area (Å²) in [6, 6.07) is 6.27. The van der Waals surface area contributed by atoms with Crippen molar-refractivity contribution in [2.24, 2.45) is 5.73 Å². The van der Waals surface area contributed by atoms with Gasteiger partial charge in [-0.1, -0.05) is 24.1 Å². The van der Waals surface area contributed by atoms with E-state index in [1.54, 1.807) is 0 Å². The van der Waals surface area contributed by atoms with Crippen LogP contribution in [0.15, 0.2) is 18.2 Å². The standard InChI is InChI=1S/C14H19NO/c1-4-5-9-16-14-11(2)7-6-8-13(14)10-12(3)15/h6-8,12H,9-10,15H2,1-3H3. The van der Waals surface area contributed by atoms with Crippen LogP contribution in [0.4, 0.5) is 0 Å². The molecule has 0 heterocycles. The molecule has 0 bridgehead atoms. The van der Waals surface area contributed by atoms with Gasteiger partial charge in [0.25, 0.3) is 0 Å². The van der Waals surface area contributed by atoms with E-state index in [9.17, 15) is 0 Å². The molecule has 0 aliphatic rings. The lowest BCUT2D eigenvalue weighted by molar-refractivity contribution is 0.362. The van der Waals surface area contributed by atoms with Crippen LogP contribution in [-0.4, -0.2) is 12.6 Å². The molecule has 0 fully saturated rings. The van der Waals surface area contributed by atoms with Crippen molar-refractivity contribution in [3.05, 3.63) is 29.3 Å². The average molecular weight is 217 g/mol. The lowest BCUT2D eigenvalue weighted by Crippen LogP contribution is -2.18. The van der Waals surface area contributed by atoms with E-state index in [2.05, 4.69) is 17.9 Å². The second-order valence-electron chi connectivity index (χ2n) is 3.96. The summed E-state index contributed by atoms with van der Waals surface area (Å²) in [6.07, 6.45) is 0.830. The summed E-state index contributed by atoms with van der Waals surface area (Å²) in [5.74, 6) is 6.65. The summed E-state index contributed by atoms with van der Waals surface area (Å²) in [5.41, 5.74) is 8.11. The van der Waals surface area contributed by atoms with Crippen molar-refractivity contribution in [3.63, 3.8) is 0 Å². The smallest absolute Gasteiger partial charge is 0.149 e. The average Bonchev–Trinajstić information content (AvgIpc) is 2.21. The van der Waals surface area contributed by atoms with Crippen LogP contribution in [0.1, 0.15) is 25.0 Å². The minimum absolute atomic E-state index is 0.140. The van der Waals surface area contributed by atoms with Crippen molar-refractivity contribution in [2.75, 3.05) is 6.61 Å². The first-order valence-electron chi connectivity index (χ1n) is 5.51. The fourth-order valence-electron chi connectivity index (χ4n) is 1.61. The van der Waals surface area contributed by atoms with Gasteiger partial charge in [-0.3, -0.25) is 0 Å². The Morgan fingerprint density at radius 1 is 1.44 bits per heavy atom. The number of benzene rings is 1. The van der Waals surface area contributed by atoms with Gasteiger partial charge in [-0.05, 0) is 38.3 Å². The molecule has 0 aliphatic carbocycles. The lowest BCUT2D eigenvalue weighted by Gasteiger charge is -2.13. The molecule has 1 aromatic carbocycles. The van der Waals surface area contributed by atoms with Gasteiger partial charge in [0.1, 0.15) is 12.4 Å². The molecule has 0 aliphatic heterocycles. The summed E-state index contributed by atoms with van der Waals surface area (Å²) in [6.45, 7) is 6.29. The van der Waals surface area contributed by atoms with Gasteiger partial charge in [0.2, 0.25) is 0 Å². The van der Waals surface area contributed by atoms with E-state index in [0.29, 0.717) is 6.61 Å². The molecule has 0 spiro atoms. The minimum atomic E-state index is 0.140. The second kappa shape index (κ2) is 6.19. The zero-order valence-corrected chi connectivity index (χ0v) is 10.2. The number of aryl methyl sites for hydroxylation is 1. The number of para-hydroxylation sites is 1. The Morgan fingerprint density at radius 2 is 2.19 bits per heavy atom. The molecular weight excluding hydrogens is 198 g/mol. The highest BCUT2D eigenvalue weighted by molar-refractivity contribution is 5.41. The molecule has 0 saturated heterocycles. The molecule has 2 N–H and O–H groups in total. The van der Waals surface area contributed by atoms with Crippen LogP contribution >= 0.6 is 0 Å². The molecule has 1 aromatic rings. The van der Waals surface area contributed by atoms with Crippen molar-refractivity contribution in [1.29, 1.82) is 0 Å². The lowest BCUT2D eigenvalue weighted by atomic mass is 10.0. The van der Waals surface area contributed by atoms with E-state index in [1.165, 1.54) is 0 Å². The molecule has 0 aromatic heterocycles. The van der Waals surface area contributed by atoms with Gasteiger partial charge < -0.3 is 10.5 Å². The maximum absolute atomic E-state index is 5.81. The van der Waals surface area contributed by atoms with Crippen LogP contribution in [0.25, 0.3) is 0 Å². The van der Waals surface area contributed by atoms with Gasteiger partial charge >= 0.3 is 0 Å². The third kappa shape index (κ3) is 3.60. The highest BCUT2D eigenvalue weighted by Gasteiger charge is 2.08. The van der Waals surface area contributed by atoms with E-state index < -0.39 is 0 Å². The van der Waals surface area contributed by atoms with Crippen molar-refractivity contribution >= 4 is 0 Å². The number of nitrogens with two attached hydrogens (primary N) is 1. The van der Waals surface area contributed by atoms with Crippen LogP contribution in [0.3, 0.4) is 0 Å². The second-order valence-corrected chi connectivity index (χ2v) is 3.96. The molecule has 2 nitrogen and oxygen atoms in total. The highest BCUT2D eigenvalue weighted by Crippen LogP contribution is 2.24. The van der Waals surface area contributed by atoms with Gasteiger partial charge in [0, 0.05) is 6.04 Å². The molecule has 0 saturated carbocycles. The molecular formula is C14H19NO. The summed E-state index contributed by atoms with van der Waals surface area (Å²) in [5, 5.41) is 0. The molecule has 86 valence electrons. The first-order chi connectivity index (χ1) is 7.65. The van der Waals surface area contributed by atoms with Crippen LogP contribution in [0.2, 0.25) is 0 Å². The molecule has 0 radical (unpaired) electrons. The quantitative estimate of drug-likeness (QED) is 0.785. The molecule has 2 heteroatoms. The predicted octanol–water partition coefficient (Wildman–Crippen LogP) is 2.29. The van der Waals surface area contributed by atoms with E-state index >= 15 is 0 Å². The largest absolute Gasteiger partial charge is 0.480 e. The van der Waals surface area contributed by atoms with Crippen molar-refractivity contribution in [3.8, 4) is 17.6 Å². The van der Waals surface area contributed by atoms with Crippen LogP contribution in [0, 0.1) is 18.8 Å². The van der Waals surface area contributed by atoms with E-state index in [0.717, 1.165) is 23.3 Å². The third-order valence-corrected chi connectivity index (χ3v) is 2.30. The Bertz CT molecular complexity index is 399. The maximum atomic E-state index is 5.81. The number of hydrogen-bond acceptors (Lipinski definition) is 2. The predicted molar refractivity (Wildman–Crippen MR) is 67.5 cm³/mol. The van der Waals surface area contributed by atoms with E-state index in [-0.39, 0.29) is 6.04 Å². The molecule has 0 amide bonds. The number of ether oxygens (including phenoxy) is 1. The minimum Gasteiger partial charge on any atom is -0.480 e. The number of hydrogen-bond donors (Lipinski definition) is 1. The Morgan fingerprint density at radius 3 is 2.81 bits per heavy atom. The Labute approximate surface area is 97.8 Å². The van der Waals surface area contributed by atoms with Gasteiger partial charge in [-0.15, -0.1) is 5.92 Å². The molecule has 1 atom stereocenters. The topological polar surface area (TPSA) is 35.2 Å². The summed E-state index contributed by atoms with van der Waals surface area (Å²) < 4.78 is 5.68. The van der Waals surface area contributed by atoms with Crippen molar-refractivity contribution in [1.82, 2.24) is 0 Å². The fourth-order valence-corrected chi connectivity index (χ4v) is 1.61. The molecule has 1 rings (SSSR count). The Hall–Kier alpha value is -1.46. The first-order valence-corrected chi connectivity index (χ1v) is 5.51.